The highest BCUT2D eigenvalue weighted by Crippen LogP contribution is 2.40. The lowest BCUT2D eigenvalue weighted by molar-refractivity contribution is -0.00587. The Morgan fingerprint density at radius 2 is 1.97 bits per heavy atom. The molecule has 1 amide bonds. The molecule has 1 saturated heterocycles. The number of hydrogen-bond donors (Lipinski definition) is 1. The predicted octanol–water partition coefficient (Wildman–Crippen LogP) is 3.46. The molecular weight excluding hydrogens is 394 g/mol. The number of benzene rings is 1. The third-order valence-electron chi connectivity index (χ3n) is 6.42. The molecule has 0 radical (unpaired) electrons. The zero-order valence-electron chi connectivity index (χ0n) is 18.4. The van der Waals surface area contributed by atoms with Crippen LogP contribution in [-0.4, -0.2) is 55.3 Å². The number of H-pyrrole nitrogens is 1. The number of aromatic nitrogens is 4. The highest BCUT2D eigenvalue weighted by atomic mass is 16.5. The van der Waals surface area contributed by atoms with E-state index in [1.807, 2.05) is 50.9 Å². The van der Waals surface area contributed by atoms with E-state index in [2.05, 4.69) is 15.3 Å². The molecular formula is C23H27N5O3. The van der Waals surface area contributed by atoms with Crippen LogP contribution in [0.4, 0.5) is 0 Å². The average Bonchev–Trinajstić information content (AvgIpc) is 3.33. The molecule has 0 bridgehead atoms. The molecule has 0 aliphatic carbocycles. The van der Waals surface area contributed by atoms with Crippen molar-refractivity contribution in [1.29, 1.82) is 0 Å². The number of likely N-dealkylation sites (tertiary alicyclic amines) is 1. The Bertz CT molecular complexity index is 1190. The van der Waals surface area contributed by atoms with Gasteiger partial charge in [0.05, 0.1) is 29.9 Å². The summed E-state index contributed by atoms with van der Waals surface area (Å²) in [6.45, 7) is 9.17. The zero-order chi connectivity index (χ0) is 22.0. The van der Waals surface area contributed by atoms with E-state index in [4.69, 9.17) is 4.74 Å². The maximum atomic E-state index is 13.2. The Labute approximate surface area is 180 Å². The highest BCUT2D eigenvalue weighted by molar-refractivity contribution is 6.00. The lowest BCUT2D eigenvalue weighted by atomic mass is 9.83. The maximum absolute atomic E-state index is 13.2. The number of nitrogens with one attached hydrogen (secondary N) is 1. The van der Waals surface area contributed by atoms with Crippen molar-refractivity contribution >= 4 is 22.6 Å². The smallest absolute Gasteiger partial charge is 0.254 e. The number of carbonyl (C=O) groups is 2. The van der Waals surface area contributed by atoms with Gasteiger partial charge in [-0.3, -0.25) is 19.4 Å². The van der Waals surface area contributed by atoms with Crippen LogP contribution in [0.5, 0.6) is 5.75 Å². The molecule has 162 valence electrons. The van der Waals surface area contributed by atoms with Crippen molar-refractivity contribution in [3.63, 3.8) is 0 Å². The number of fused-ring (bicyclic) bond motifs is 2. The summed E-state index contributed by atoms with van der Waals surface area (Å²) in [6, 6.07) is 3.85. The van der Waals surface area contributed by atoms with E-state index in [1.165, 1.54) is 0 Å². The average molecular weight is 422 g/mol. The van der Waals surface area contributed by atoms with E-state index in [0.717, 1.165) is 16.5 Å². The third kappa shape index (κ3) is 3.30. The lowest BCUT2D eigenvalue weighted by Gasteiger charge is -2.43. The SMILES string of the molecule is Cc1cc2[nH]ncc2cc1C(=O)N1CCC2(CC1)CC(=O)c1nn(C(C)(C)C)cc1O2. The quantitative estimate of drug-likeness (QED) is 0.649. The van der Waals surface area contributed by atoms with Crippen LogP contribution in [0, 0.1) is 6.92 Å². The number of Topliss-reactive ketones (excluding diaryl/α,β-unsaturated/α-hetero) is 1. The monoisotopic (exact) mass is 421 g/mol. The van der Waals surface area contributed by atoms with Crippen LogP contribution in [-0.2, 0) is 5.54 Å². The second kappa shape index (κ2) is 6.67. The van der Waals surface area contributed by atoms with Gasteiger partial charge in [-0.1, -0.05) is 0 Å². The van der Waals surface area contributed by atoms with Crippen molar-refractivity contribution in [3.8, 4) is 5.75 Å². The van der Waals surface area contributed by atoms with E-state index in [-0.39, 0.29) is 17.2 Å². The van der Waals surface area contributed by atoms with Gasteiger partial charge >= 0.3 is 0 Å². The molecule has 8 heteroatoms. The first kappa shape index (κ1) is 19.8. The van der Waals surface area contributed by atoms with E-state index in [0.29, 0.717) is 49.4 Å². The van der Waals surface area contributed by atoms with Crippen LogP contribution in [0.3, 0.4) is 0 Å². The van der Waals surface area contributed by atoms with Crippen LogP contribution in [0.15, 0.2) is 24.5 Å². The molecule has 1 N–H and O–H groups in total. The molecule has 0 saturated carbocycles. The predicted molar refractivity (Wildman–Crippen MR) is 115 cm³/mol. The Hall–Kier alpha value is -3.16. The van der Waals surface area contributed by atoms with Gasteiger partial charge in [-0.05, 0) is 45.4 Å². The molecule has 1 aromatic carbocycles. The molecule has 2 aromatic heterocycles. The van der Waals surface area contributed by atoms with Gasteiger partial charge in [0.15, 0.2) is 17.2 Å². The number of amides is 1. The summed E-state index contributed by atoms with van der Waals surface area (Å²) in [5.41, 5.74) is 2.17. The fourth-order valence-electron chi connectivity index (χ4n) is 4.51. The molecule has 5 rings (SSSR count). The first-order valence-electron chi connectivity index (χ1n) is 10.7. The van der Waals surface area contributed by atoms with Gasteiger partial charge < -0.3 is 9.64 Å². The summed E-state index contributed by atoms with van der Waals surface area (Å²) < 4.78 is 8.15. The molecule has 3 aromatic rings. The molecule has 1 spiro atoms. The van der Waals surface area contributed by atoms with Gasteiger partial charge in [-0.15, -0.1) is 0 Å². The number of ether oxygens (including phenoxy) is 1. The molecule has 1 fully saturated rings. The normalized spacial score (nSPS) is 18.3. The van der Waals surface area contributed by atoms with Crippen LogP contribution in [0.1, 0.15) is 66.4 Å². The number of hydrogen-bond acceptors (Lipinski definition) is 5. The number of carbonyl (C=O) groups excluding carboxylic acids is 2. The van der Waals surface area contributed by atoms with Gasteiger partial charge in [0, 0.05) is 36.9 Å². The minimum Gasteiger partial charge on any atom is -0.483 e. The van der Waals surface area contributed by atoms with E-state index in [1.54, 1.807) is 10.9 Å². The standard InChI is InChI=1S/C23H27N5O3/c1-14-9-17-15(12-24-25-17)10-16(14)21(30)27-7-5-23(6-8-27)11-18(29)20-19(31-23)13-28(26-20)22(2,3)4/h9-10,12-13H,5-8,11H2,1-4H3,(H,24,25). The van der Waals surface area contributed by atoms with Crippen molar-refractivity contribution in [1.82, 2.24) is 24.9 Å². The maximum Gasteiger partial charge on any atom is 0.254 e. The molecule has 0 atom stereocenters. The Balaban J connectivity index is 1.34. The van der Waals surface area contributed by atoms with Crippen LogP contribution in [0.25, 0.3) is 10.9 Å². The minimum absolute atomic E-state index is 0.0128. The summed E-state index contributed by atoms with van der Waals surface area (Å²) in [5.74, 6) is 0.594. The number of piperidine rings is 1. The minimum atomic E-state index is -0.559. The highest BCUT2D eigenvalue weighted by Gasteiger charge is 2.45. The Morgan fingerprint density at radius 1 is 1.23 bits per heavy atom. The Kier molecular flexibility index (Phi) is 4.26. The van der Waals surface area contributed by atoms with Crippen molar-refractivity contribution in [2.24, 2.45) is 0 Å². The first-order chi connectivity index (χ1) is 14.7. The number of nitrogens with zero attached hydrogens (tertiary/aromatic N) is 4. The number of rotatable bonds is 1. The van der Waals surface area contributed by atoms with Crippen molar-refractivity contribution in [2.75, 3.05) is 13.1 Å². The summed E-state index contributed by atoms with van der Waals surface area (Å²) >= 11 is 0. The van der Waals surface area contributed by atoms with Crippen molar-refractivity contribution < 1.29 is 14.3 Å². The number of aryl methyl sites for hydroxylation is 1. The van der Waals surface area contributed by atoms with Gasteiger partial charge in [-0.2, -0.15) is 10.2 Å². The Morgan fingerprint density at radius 3 is 2.68 bits per heavy atom. The molecule has 4 heterocycles. The van der Waals surface area contributed by atoms with Gasteiger partial charge in [0.2, 0.25) is 0 Å². The van der Waals surface area contributed by atoms with Gasteiger partial charge in [-0.25, -0.2) is 0 Å². The summed E-state index contributed by atoms with van der Waals surface area (Å²) in [6.07, 6.45) is 5.11. The van der Waals surface area contributed by atoms with E-state index >= 15 is 0 Å². The number of ketones is 1. The van der Waals surface area contributed by atoms with Crippen LogP contribution >= 0.6 is 0 Å². The first-order valence-corrected chi connectivity index (χ1v) is 10.7. The molecule has 31 heavy (non-hydrogen) atoms. The third-order valence-corrected chi connectivity index (χ3v) is 6.42. The summed E-state index contributed by atoms with van der Waals surface area (Å²) in [7, 11) is 0. The molecule has 2 aliphatic rings. The van der Waals surface area contributed by atoms with Gasteiger partial charge in [0.1, 0.15) is 5.60 Å². The summed E-state index contributed by atoms with van der Waals surface area (Å²) in [5, 5.41) is 12.4. The topological polar surface area (TPSA) is 93.1 Å². The molecule has 0 unspecified atom stereocenters. The zero-order valence-corrected chi connectivity index (χ0v) is 18.4. The summed E-state index contributed by atoms with van der Waals surface area (Å²) in [4.78, 5) is 27.9. The second-order valence-corrected chi connectivity index (χ2v) is 9.76. The fourth-order valence-corrected chi connectivity index (χ4v) is 4.51. The van der Waals surface area contributed by atoms with Crippen molar-refractivity contribution in [2.45, 2.75) is 58.1 Å². The van der Waals surface area contributed by atoms with Crippen LogP contribution in [0.2, 0.25) is 0 Å². The van der Waals surface area contributed by atoms with Gasteiger partial charge in [0.25, 0.3) is 5.91 Å². The lowest BCUT2D eigenvalue weighted by Crippen LogP contribution is -2.52. The number of aromatic amines is 1. The molecule has 2 aliphatic heterocycles. The fraction of sp³-hybridized carbons (Fsp3) is 0.478. The molecule has 8 nitrogen and oxygen atoms in total. The van der Waals surface area contributed by atoms with E-state index < -0.39 is 5.60 Å². The largest absolute Gasteiger partial charge is 0.483 e. The van der Waals surface area contributed by atoms with E-state index in [9.17, 15) is 9.59 Å². The van der Waals surface area contributed by atoms with Crippen LogP contribution < -0.4 is 4.74 Å². The second-order valence-electron chi connectivity index (χ2n) is 9.76. The van der Waals surface area contributed by atoms with Crippen molar-refractivity contribution in [3.05, 3.63) is 41.3 Å².